The van der Waals surface area contributed by atoms with E-state index in [1.165, 1.54) is 22.3 Å². The Kier molecular flexibility index (Phi) is 6.15. The van der Waals surface area contributed by atoms with Crippen LogP contribution in [0.4, 0.5) is 0 Å². The molecule has 0 fully saturated rings. The number of H-pyrrole nitrogens is 1. The fourth-order valence-corrected chi connectivity index (χ4v) is 6.09. The molecule has 0 aliphatic heterocycles. The third-order valence-electron chi connectivity index (χ3n) is 8.00. The lowest BCUT2D eigenvalue weighted by atomic mass is 9.96. The predicted octanol–water partition coefficient (Wildman–Crippen LogP) is 5.87. The first-order chi connectivity index (χ1) is 19.7. The molecule has 6 aromatic rings. The minimum atomic E-state index is 0.219. The number of imidazole rings is 1. The number of aromatic nitrogens is 8. The van der Waals surface area contributed by atoms with Crippen LogP contribution in [0.2, 0.25) is 0 Å². The molecule has 1 atom stereocenters. The summed E-state index contributed by atoms with van der Waals surface area (Å²) < 4.78 is 2.41. The van der Waals surface area contributed by atoms with E-state index in [-0.39, 0.29) is 6.04 Å². The maximum Gasteiger partial charge on any atom is 0.205 e. The number of nitrogens with one attached hydrogen (secondary N) is 1. The second-order valence-corrected chi connectivity index (χ2v) is 10.5. The molecule has 0 saturated carbocycles. The lowest BCUT2D eigenvalue weighted by Crippen LogP contribution is -2.12. The summed E-state index contributed by atoms with van der Waals surface area (Å²) in [6.07, 6.45) is 8.46. The lowest BCUT2D eigenvalue weighted by molar-refractivity contribution is 0.566. The molecule has 1 aliphatic carbocycles. The van der Waals surface area contributed by atoms with Gasteiger partial charge in [-0.1, -0.05) is 55.5 Å². The van der Waals surface area contributed by atoms with Crippen LogP contribution >= 0.6 is 0 Å². The van der Waals surface area contributed by atoms with E-state index in [1.807, 2.05) is 30.6 Å². The van der Waals surface area contributed by atoms with Crippen molar-refractivity contribution >= 4 is 11.2 Å². The zero-order valence-electron chi connectivity index (χ0n) is 22.7. The van der Waals surface area contributed by atoms with Gasteiger partial charge in [0.2, 0.25) is 5.82 Å². The summed E-state index contributed by atoms with van der Waals surface area (Å²) >= 11 is 0. The number of nitrogens with zero attached hydrogens (tertiary/aromatic N) is 7. The van der Waals surface area contributed by atoms with E-state index >= 15 is 0 Å². The van der Waals surface area contributed by atoms with E-state index in [0.717, 1.165) is 71.5 Å². The maximum absolute atomic E-state index is 5.20. The molecular formula is C32H30N8. The summed E-state index contributed by atoms with van der Waals surface area (Å²) in [7, 11) is 0. The third kappa shape index (κ3) is 4.25. The second kappa shape index (κ2) is 10.1. The molecule has 8 nitrogen and oxygen atoms in total. The van der Waals surface area contributed by atoms with Gasteiger partial charge in [-0.25, -0.2) is 9.97 Å². The average Bonchev–Trinajstić information content (AvgIpc) is 3.75. The minimum absolute atomic E-state index is 0.219. The van der Waals surface area contributed by atoms with Gasteiger partial charge >= 0.3 is 0 Å². The zero-order chi connectivity index (χ0) is 27.1. The van der Waals surface area contributed by atoms with E-state index in [4.69, 9.17) is 9.97 Å². The van der Waals surface area contributed by atoms with Crippen LogP contribution in [0, 0.1) is 6.92 Å². The first kappa shape index (κ1) is 24.3. The number of aromatic amines is 1. The monoisotopic (exact) mass is 526 g/mol. The fourth-order valence-electron chi connectivity index (χ4n) is 6.09. The number of tetrazole rings is 1. The Labute approximate surface area is 232 Å². The van der Waals surface area contributed by atoms with Crippen LogP contribution in [-0.2, 0) is 25.7 Å². The summed E-state index contributed by atoms with van der Waals surface area (Å²) in [4.78, 5) is 14.5. The van der Waals surface area contributed by atoms with Gasteiger partial charge in [-0.3, -0.25) is 4.98 Å². The Hall–Kier alpha value is -4.72. The van der Waals surface area contributed by atoms with Crippen LogP contribution in [0.5, 0.6) is 0 Å². The van der Waals surface area contributed by atoms with Gasteiger partial charge in [-0.15, -0.1) is 10.2 Å². The number of rotatable bonds is 7. The molecule has 40 heavy (non-hydrogen) atoms. The number of hydrogen-bond donors (Lipinski definition) is 1. The van der Waals surface area contributed by atoms with Crippen LogP contribution in [0.1, 0.15) is 53.2 Å². The Morgan fingerprint density at radius 2 is 1.88 bits per heavy atom. The number of pyridine rings is 2. The first-order valence-electron chi connectivity index (χ1n) is 13.9. The Morgan fingerprint density at radius 1 is 0.975 bits per heavy atom. The molecule has 4 heterocycles. The smallest absolute Gasteiger partial charge is 0.205 e. The van der Waals surface area contributed by atoms with Crippen LogP contribution < -0.4 is 0 Å². The van der Waals surface area contributed by atoms with E-state index in [2.05, 4.69) is 86.5 Å². The molecule has 7 rings (SSSR count). The highest BCUT2D eigenvalue weighted by Gasteiger charge is 2.29. The third-order valence-corrected chi connectivity index (χ3v) is 8.00. The average molecular weight is 527 g/mol. The highest BCUT2D eigenvalue weighted by molar-refractivity contribution is 5.81. The van der Waals surface area contributed by atoms with E-state index in [1.54, 1.807) is 0 Å². The molecule has 1 N–H and O–H groups in total. The van der Waals surface area contributed by atoms with Gasteiger partial charge in [0.25, 0.3) is 0 Å². The molecule has 1 unspecified atom stereocenters. The van der Waals surface area contributed by atoms with E-state index < -0.39 is 0 Å². The standard InChI is InChI=1S/C32H30N8/c1-3-29-35-30-20(2)17-24(13-10-21-7-6-16-33-19-21)34-32(30)40(29)28-15-12-23-18-22(11-14-26(23)28)25-8-4-5-9-27(25)31-36-38-39-37-31/h4-9,11,14,16-19,28H,3,10,12-13,15H2,1-2H3,(H,36,37,38,39). The van der Waals surface area contributed by atoms with Crippen molar-refractivity contribution in [1.82, 2.24) is 40.1 Å². The van der Waals surface area contributed by atoms with Crippen molar-refractivity contribution in [3.05, 3.63) is 107 Å². The van der Waals surface area contributed by atoms with Gasteiger partial charge in [0.05, 0.1) is 6.04 Å². The fraction of sp³-hybridized carbons (Fsp3) is 0.250. The van der Waals surface area contributed by atoms with Crippen molar-refractivity contribution in [3.63, 3.8) is 0 Å². The minimum Gasteiger partial charge on any atom is -0.305 e. The molecule has 4 aromatic heterocycles. The lowest BCUT2D eigenvalue weighted by Gasteiger charge is -2.18. The van der Waals surface area contributed by atoms with Gasteiger partial charge in [-0.2, -0.15) is 5.21 Å². The van der Waals surface area contributed by atoms with Gasteiger partial charge in [0.1, 0.15) is 11.3 Å². The number of fused-ring (bicyclic) bond motifs is 2. The van der Waals surface area contributed by atoms with Crippen molar-refractivity contribution in [2.75, 3.05) is 0 Å². The molecule has 2 aromatic carbocycles. The summed E-state index contributed by atoms with van der Waals surface area (Å²) in [5.74, 6) is 1.70. The Morgan fingerprint density at radius 3 is 2.67 bits per heavy atom. The summed E-state index contributed by atoms with van der Waals surface area (Å²) in [5.41, 5.74) is 11.5. The normalized spacial score (nSPS) is 14.6. The van der Waals surface area contributed by atoms with E-state index in [9.17, 15) is 0 Å². The second-order valence-electron chi connectivity index (χ2n) is 10.5. The summed E-state index contributed by atoms with van der Waals surface area (Å²) in [5, 5.41) is 14.8. The van der Waals surface area contributed by atoms with Gasteiger partial charge in [0.15, 0.2) is 5.65 Å². The Bertz CT molecular complexity index is 1800. The molecular weight excluding hydrogens is 496 g/mol. The largest absolute Gasteiger partial charge is 0.305 e. The van der Waals surface area contributed by atoms with Crippen molar-refractivity contribution in [2.45, 2.75) is 52.0 Å². The number of hydrogen-bond acceptors (Lipinski definition) is 6. The number of aryl methyl sites for hydroxylation is 5. The van der Waals surface area contributed by atoms with E-state index in [0.29, 0.717) is 5.82 Å². The van der Waals surface area contributed by atoms with Crippen molar-refractivity contribution in [2.24, 2.45) is 0 Å². The van der Waals surface area contributed by atoms with Gasteiger partial charge in [0, 0.05) is 30.1 Å². The van der Waals surface area contributed by atoms with Gasteiger partial charge < -0.3 is 4.57 Å². The van der Waals surface area contributed by atoms with Crippen LogP contribution in [0.25, 0.3) is 33.7 Å². The molecule has 198 valence electrons. The topological polar surface area (TPSA) is 98.1 Å². The van der Waals surface area contributed by atoms with Crippen molar-refractivity contribution in [1.29, 1.82) is 0 Å². The molecule has 0 spiro atoms. The molecule has 0 amide bonds. The first-order valence-corrected chi connectivity index (χ1v) is 13.9. The molecule has 0 radical (unpaired) electrons. The maximum atomic E-state index is 5.20. The highest BCUT2D eigenvalue weighted by Crippen LogP contribution is 2.40. The SMILES string of the molecule is CCc1nc2c(C)cc(CCc3cccnc3)nc2n1C1CCc2cc(-c3ccccc3-c3nn[nH]n3)ccc21. The molecule has 0 bridgehead atoms. The number of benzene rings is 2. The van der Waals surface area contributed by atoms with Gasteiger partial charge in [-0.05, 0) is 83.3 Å². The summed E-state index contributed by atoms with van der Waals surface area (Å²) in [6.45, 7) is 4.34. The van der Waals surface area contributed by atoms with Crippen LogP contribution in [0.3, 0.4) is 0 Å². The quantitative estimate of drug-likeness (QED) is 0.280. The van der Waals surface area contributed by atoms with Crippen LogP contribution in [-0.4, -0.2) is 40.1 Å². The van der Waals surface area contributed by atoms with Crippen molar-refractivity contribution in [3.8, 4) is 22.5 Å². The molecule has 8 heteroatoms. The van der Waals surface area contributed by atoms with Crippen molar-refractivity contribution < 1.29 is 0 Å². The molecule has 0 saturated heterocycles. The predicted molar refractivity (Wildman–Crippen MR) is 155 cm³/mol. The summed E-state index contributed by atoms with van der Waals surface area (Å²) in [6, 6.07) is 21.6. The molecule has 1 aliphatic rings. The zero-order valence-corrected chi connectivity index (χ0v) is 22.7. The highest BCUT2D eigenvalue weighted by atomic mass is 15.5. The van der Waals surface area contributed by atoms with Crippen LogP contribution in [0.15, 0.2) is 73.1 Å². The Balaban J connectivity index is 1.26.